The van der Waals surface area contributed by atoms with Gasteiger partial charge in [-0.1, -0.05) is 42.5 Å². The number of carbonyl (C=O) groups is 1. The topological polar surface area (TPSA) is 89.8 Å². The van der Waals surface area contributed by atoms with Gasteiger partial charge in [0.15, 0.2) is 0 Å². The number of hydrogen-bond acceptors (Lipinski definition) is 7. The molecule has 1 aliphatic heterocycles. The van der Waals surface area contributed by atoms with Crippen molar-refractivity contribution >= 4 is 23.0 Å². The number of likely N-dealkylation sites (N-methyl/N-ethyl adjacent to an activating group) is 1. The number of nitrogens with one attached hydrogen (secondary N) is 2. The summed E-state index contributed by atoms with van der Waals surface area (Å²) >= 11 is 0. The lowest BCUT2D eigenvalue weighted by atomic mass is 10.2. The normalized spacial score (nSPS) is 14.2. The standard InChI is InChI=1S/C30H39N7O/c1-23-9-12-26(13-10-23)33-24(2)37(16-6-15-36-19-17-35(3)18-20-36)22-25-11-14-29(32-21-25)30(38)34-28-8-5-4-7-27(28)31/h4-5,7-14,21,33H,2,6,15-20,22,31H2,1,3H3,(H,34,38). The number of amides is 1. The summed E-state index contributed by atoms with van der Waals surface area (Å²) in [4.78, 5) is 24.3. The van der Waals surface area contributed by atoms with E-state index in [2.05, 4.69) is 75.1 Å². The Kier molecular flexibility index (Phi) is 9.35. The van der Waals surface area contributed by atoms with Gasteiger partial charge in [0.1, 0.15) is 5.69 Å². The Morgan fingerprint density at radius 3 is 2.45 bits per heavy atom. The van der Waals surface area contributed by atoms with Crippen LogP contribution in [0.15, 0.2) is 79.3 Å². The zero-order chi connectivity index (χ0) is 26.9. The summed E-state index contributed by atoms with van der Waals surface area (Å²) in [6.07, 6.45) is 2.79. The second-order valence-corrected chi connectivity index (χ2v) is 9.95. The lowest BCUT2D eigenvalue weighted by Gasteiger charge is -2.33. The molecule has 4 rings (SSSR count). The van der Waals surface area contributed by atoms with Crippen molar-refractivity contribution in [2.45, 2.75) is 19.9 Å². The van der Waals surface area contributed by atoms with E-state index in [4.69, 9.17) is 5.73 Å². The average molecular weight is 514 g/mol. The van der Waals surface area contributed by atoms with Crippen molar-refractivity contribution in [2.24, 2.45) is 0 Å². The molecule has 0 bridgehead atoms. The maximum atomic E-state index is 12.7. The van der Waals surface area contributed by atoms with Gasteiger partial charge in [-0.15, -0.1) is 0 Å². The third-order valence-corrected chi connectivity index (χ3v) is 6.86. The highest BCUT2D eigenvalue weighted by atomic mass is 16.1. The van der Waals surface area contributed by atoms with E-state index in [1.165, 1.54) is 5.56 Å². The molecule has 0 atom stereocenters. The van der Waals surface area contributed by atoms with Gasteiger partial charge in [0, 0.05) is 51.2 Å². The monoisotopic (exact) mass is 513 g/mol. The van der Waals surface area contributed by atoms with Crippen LogP contribution in [0, 0.1) is 6.92 Å². The first-order chi connectivity index (χ1) is 18.4. The number of anilines is 3. The van der Waals surface area contributed by atoms with Gasteiger partial charge in [-0.3, -0.25) is 9.78 Å². The molecule has 4 N–H and O–H groups in total. The molecule has 2 heterocycles. The number of aromatic nitrogens is 1. The van der Waals surface area contributed by atoms with E-state index >= 15 is 0 Å². The Morgan fingerprint density at radius 2 is 1.76 bits per heavy atom. The molecule has 2 aromatic carbocycles. The van der Waals surface area contributed by atoms with E-state index in [9.17, 15) is 4.79 Å². The quantitative estimate of drug-likeness (QED) is 0.330. The maximum absolute atomic E-state index is 12.7. The summed E-state index contributed by atoms with van der Waals surface area (Å²) in [6, 6.07) is 19.2. The molecule has 1 fully saturated rings. The highest BCUT2D eigenvalue weighted by Gasteiger charge is 2.16. The van der Waals surface area contributed by atoms with Crippen LogP contribution in [0.25, 0.3) is 0 Å². The molecule has 38 heavy (non-hydrogen) atoms. The zero-order valence-electron chi connectivity index (χ0n) is 22.5. The molecule has 0 radical (unpaired) electrons. The molecule has 0 unspecified atom stereocenters. The first-order valence-corrected chi connectivity index (χ1v) is 13.2. The number of nitrogens with zero attached hydrogens (tertiary/aromatic N) is 4. The number of nitrogen functional groups attached to an aromatic ring is 1. The lowest BCUT2D eigenvalue weighted by Crippen LogP contribution is -2.45. The van der Waals surface area contributed by atoms with E-state index in [1.807, 2.05) is 18.2 Å². The van der Waals surface area contributed by atoms with Crippen LogP contribution in [-0.4, -0.2) is 71.9 Å². The molecule has 0 spiro atoms. The van der Waals surface area contributed by atoms with Crippen molar-refractivity contribution in [3.05, 3.63) is 96.1 Å². The zero-order valence-corrected chi connectivity index (χ0v) is 22.5. The van der Waals surface area contributed by atoms with Gasteiger partial charge >= 0.3 is 0 Å². The van der Waals surface area contributed by atoms with Gasteiger partial charge in [0.05, 0.1) is 17.2 Å². The fourth-order valence-electron chi connectivity index (χ4n) is 4.42. The molecule has 0 saturated carbocycles. The van der Waals surface area contributed by atoms with Crippen molar-refractivity contribution in [3.63, 3.8) is 0 Å². The number of nitrogens with two attached hydrogens (primary N) is 1. The molecule has 200 valence electrons. The highest BCUT2D eigenvalue weighted by molar-refractivity contribution is 6.04. The molecule has 1 saturated heterocycles. The molecule has 8 heteroatoms. The van der Waals surface area contributed by atoms with Crippen molar-refractivity contribution in [1.82, 2.24) is 19.7 Å². The molecular weight excluding hydrogens is 474 g/mol. The van der Waals surface area contributed by atoms with Crippen LogP contribution in [-0.2, 0) is 6.54 Å². The SMILES string of the molecule is C=C(Nc1ccc(C)cc1)N(CCCN1CCN(C)CC1)Cc1ccc(C(=O)Nc2ccccc2N)nc1. The summed E-state index contributed by atoms with van der Waals surface area (Å²) in [7, 11) is 2.18. The van der Waals surface area contributed by atoms with E-state index in [0.717, 1.165) is 62.8 Å². The Labute approximate surface area is 226 Å². The number of piperazine rings is 1. The molecule has 0 aliphatic carbocycles. The van der Waals surface area contributed by atoms with Crippen LogP contribution < -0.4 is 16.4 Å². The van der Waals surface area contributed by atoms with Gasteiger partial charge < -0.3 is 31.1 Å². The number of benzene rings is 2. The van der Waals surface area contributed by atoms with Crippen molar-refractivity contribution in [2.75, 3.05) is 62.7 Å². The van der Waals surface area contributed by atoms with Gasteiger partial charge in [0.25, 0.3) is 5.91 Å². The fourth-order valence-corrected chi connectivity index (χ4v) is 4.42. The molecule has 3 aromatic rings. The summed E-state index contributed by atoms with van der Waals surface area (Å²) in [5.74, 6) is 0.553. The smallest absolute Gasteiger partial charge is 0.274 e. The summed E-state index contributed by atoms with van der Waals surface area (Å²) in [6.45, 7) is 13.4. The Morgan fingerprint density at radius 1 is 1.03 bits per heavy atom. The molecule has 1 amide bonds. The van der Waals surface area contributed by atoms with Crippen LogP contribution in [0.5, 0.6) is 0 Å². The van der Waals surface area contributed by atoms with Gasteiger partial charge in [-0.05, 0) is 62.8 Å². The minimum absolute atomic E-state index is 0.288. The fraction of sp³-hybridized carbons (Fsp3) is 0.333. The third-order valence-electron chi connectivity index (χ3n) is 6.86. The Balaban J connectivity index is 1.39. The second kappa shape index (κ2) is 13.1. The van der Waals surface area contributed by atoms with Gasteiger partial charge in [-0.25, -0.2) is 0 Å². The molecular formula is C30H39N7O. The van der Waals surface area contributed by atoms with Crippen LogP contribution in [0.4, 0.5) is 17.1 Å². The lowest BCUT2D eigenvalue weighted by molar-refractivity contribution is 0.102. The predicted molar refractivity (Wildman–Crippen MR) is 156 cm³/mol. The second-order valence-electron chi connectivity index (χ2n) is 9.95. The van der Waals surface area contributed by atoms with Crippen LogP contribution in [0.2, 0.25) is 0 Å². The number of rotatable bonds is 11. The summed E-state index contributed by atoms with van der Waals surface area (Å²) < 4.78 is 0. The summed E-state index contributed by atoms with van der Waals surface area (Å²) in [5.41, 5.74) is 10.6. The predicted octanol–water partition coefficient (Wildman–Crippen LogP) is 4.25. The molecule has 1 aromatic heterocycles. The molecule has 1 aliphatic rings. The number of pyridine rings is 1. The van der Waals surface area contributed by atoms with Crippen molar-refractivity contribution < 1.29 is 4.79 Å². The van der Waals surface area contributed by atoms with Gasteiger partial charge in [0.2, 0.25) is 0 Å². The largest absolute Gasteiger partial charge is 0.397 e. The number of hydrogen-bond donors (Lipinski definition) is 3. The van der Waals surface area contributed by atoms with E-state index in [1.54, 1.807) is 24.4 Å². The number of para-hydroxylation sites is 2. The first-order valence-electron chi connectivity index (χ1n) is 13.2. The number of carbonyl (C=O) groups excluding carboxylic acids is 1. The van der Waals surface area contributed by atoms with Crippen molar-refractivity contribution in [1.29, 1.82) is 0 Å². The average Bonchev–Trinajstić information content (AvgIpc) is 2.92. The number of aryl methyl sites for hydroxylation is 1. The summed E-state index contributed by atoms with van der Waals surface area (Å²) in [5, 5.41) is 6.29. The maximum Gasteiger partial charge on any atom is 0.274 e. The van der Waals surface area contributed by atoms with Crippen LogP contribution in [0.1, 0.15) is 28.0 Å². The van der Waals surface area contributed by atoms with Gasteiger partial charge in [-0.2, -0.15) is 0 Å². The Bertz CT molecular complexity index is 1200. The highest BCUT2D eigenvalue weighted by Crippen LogP contribution is 2.19. The third kappa shape index (κ3) is 7.81. The van der Waals surface area contributed by atoms with E-state index in [0.29, 0.717) is 23.6 Å². The van der Waals surface area contributed by atoms with E-state index < -0.39 is 0 Å². The molecule has 8 nitrogen and oxygen atoms in total. The first kappa shape index (κ1) is 27.2. The minimum atomic E-state index is -0.288. The minimum Gasteiger partial charge on any atom is -0.397 e. The Hall–Kier alpha value is -3.88. The van der Waals surface area contributed by atoms with Crippen molar-refractivity contribution in [3.8, 4) is 0 Å². The van der Waals surface area contributed by atoms with Crippen LogP contribution >= 0.6 is 0 Å². The van der Waals surface area contributed by atoms with E-state index in [-0.39, 0.29) is 5.91 Å². The van der Waals surface area contributed by atoms with Crippen LogP contribution in [0.3, 0.4) is 0 Å².